The van der Waals surface area contributed by atoms with E-state index in [4.69, 9.17) is 15.8 Å². The van der Waals surface area contributed by atoms with Crippen LogP contribution in [-0.2, 0) is 21.5 Å². The van der Waals surface area contributed by atoms with Crippen LogP contribution in [-0.4, -0.2) is 31.0 Å². The molecule has 2 aromatic rings. The first-order valence-electron chi connectivity index (χ1n) is 9.28. The standard InChI is InChI=1S/C21H26ClNO4S/c1-4-16(3)23(21(24)20(22)18-11-7-6-8-12-18)15-17-10-9-13-19(14-17)27-28(25,26)5-2/h6-14,16,20H,4-5,15H2,1-3H3/t16-,20+/m0/s1. The minimum Gasteiger partial charge on any atom is -0.382 e. The van der Waals surface area contributed by atoms with Gasteiger partial charge in [-0.05, 0) is 43.5 Å². The van der Waals surface area contributed by atoms with Crippen molar-refractivity contribution in [3.05, 3.63) is 65.7 Å². The third-order valence-corrected chi connectivity index (χ3v) is 6.14. The van der Waals surface area contributed by atoms with Gasteiger partial charge in [0.05, 0.1) is 5.75 Å². The molecule has 0 spiro atoms. The smallest absolute Gasteiger partial charge is 0.308 e. The molecule has 2 rings (SSSR count). The first-order chi connectivity index (χ1) is 13.3. The van der Waals surface area contributed by atoms with E-state index in [1.165, 1.54) is 6.92 Å². The highest BCUT2D eigenvalue weighted by Gasteiger charge is 2.27. The van der Waals surface area contributed by atoms with E-state index in [1.807, 2.05) is 50.2 Å². The molecule has 0 aliphatic rings. The summed E-state index contributed by atoms with van der Waals surface area (Å²) in [6, 6.07) is 16.0. The van der Waals surface area contributed by atoms with Gasteiger partial charge in [0.25, 0.3) is 0 Å². The van der Waals surface area contributed by atoms with Crippen molar-refractivity contribution >= 4 is 27.6 Å². The Morgan fingerprint density at radius 2 is 1.79 bits per heavy atom. The van der Waals surface area contributed by atoms with Crippen LogP contribution in [0.2, 0.25) is 0 Å². The number of hydrogen-bond donors (Lipinski definition) is 0. The van der Waals surface area contributed by atoms with Gasteiger partial charge in [0.15, 0.2) is 0 Å². The molecule has 0 saturated carbocycles. The first-order valence-corrected chi connectivity index (χ1v) is 11.3. The fourth-order valence-corrected chi connectivity index (χ4v) is 3.46. The van der Waals surface area contributed by atoms with Crippen LogP contribution < -0.4 is 4.18 Å². The summed E-state index contributed by atoms with van der Waals surface area (Å²) in [6.07, 6.45) is 0.768. The van der Waals surface area contributed by atoms with E-state index in [-0.39, 0.29) is 23.5 Å². The summed E-state index contributed by atoms with van der Waals surface area (Å²) in [5.41, 5.74) is 1.52. The van der Waals surface area contributed by atoms with Gasteiger partial charge in [-0.1, -0.05) is 49.4 Å². The highest BCUT2D eigenvalue weighted by atomic mass is 35.5. The fourth-order valence-electron chi connectivity index (χ4n) is 2.68. The minimum absolute atomic E-state index is 0.0265. The average Bonchev–Trinajstić information content (AvgIpc) is 2.71. The van der Waals surface area contributed by atoms with E-state index < -0.39 is 15.5 Å². The number of alkyl halides is 1. The molecule has 0 aromatic heterocycles. The molecule has 0 unspecified atom stereocenters. The third-order valence-electron chi connectivity index (χ3n) is 4.54. The lowest BCUT2D eigenvalue weighted by Gasteiger charge is -2.30. The van der Waals surface area contributed by atoms with Gasteiger partial charge in [-0.25, -0.2) is 0 Å². The Morgan fingerprint density at radius 1 is 1.11 bits per heavy atom. The van der Waals surface area contributed by atoms with Crippen LogP contribution in [0.1, 0.15) is 43.7 Å². The lowest BCUT2D eigenvalue weighted by molar-refractivity contribution is -0.133. The third kappa shape index (κ3) is 5.97. The molecule has 152 valence electrons. The molecule has 7 heteroatoms. The summed E-state index contributed by atoms with van der Waals surface area (Å²) in [6.45, 7) is 5.80. The largest absolute Gasteiger partial charge is 0.382 e. The quantitative estimate of drug-likeness (QED) is 0.439. The van der Waals surface area contributed by atoms with E-state index in [9.17, 15) is 13.2 Å². The zero-order valence-electron chi connectivity index (χ0n) is 16.3. The van der Waals surface area contributed by atoms with Crippen molar-refractivity contribution in [2.45, 2.75) is 45.2 Å². The summed E-state index contributed by atoms with van der Waals surface area (Å²) < 4.78 is 28.5. The number of rotatable bonds is 9. The molecule has 28 heavy (non-hydrogen) atoms. The van der Waals surface area contributed by atoms with E-state index in [2.05, 4.69) is 0 Å². The van der Waals surface area contributed by atoms with Crippen LogP contribution in [0.4, 0.5) is 0 Å². The van der Waals surface area contributed by atoms with Crippen molar-refractivity contribution in [3.8, 4) is 5.75 Å². The Morgan fingerprint density at radius 3 is 2.39 bits per heavy atom. The molecule has 0 N–H and O–H groups in total. The Bertz CT molecular complexity index is 886. The molecule has 1 amide bonds. The van der Waals surface area contributed by atoms with E-state index in [0.29, 0.717) is 6.54 Å². The molecular formula is C21H26ClNO4S. The molecule has 0 bridgehead atoms. The number of benzene rings is 2. The summed E-state index contributed by atoms with van der Waals surface area (Å²) in [7, 11) is -3.61. The van der Waals surface area contributed by atoms with Crippen molar-refractivity contribution in [1.29, 1.82) is 0 Å². The molecule has 0 radical (unpaired) electrons. The van der Waals surface area contributed by atoms with E-state index in [1.54, 1.807) is 23.1 Å². The van der Waals surface area contributed by atoms with E-state index in [0.717, 1.165) is 17.5 Å². The van der Waals surface area contributed by atoms with Crippen LogP contribution in [0.25, 0.3) is 0 Å². The molecule has 0 aliphatic carbocycles. The lowest BCUT2D eigenvalue weighted by Crippen LogP contribution is -2.39. The van der Waals surface area contributed by atoms with Gasteiger partial charge in [0.1, 0.15) is 11.1 Å². The molecule has 0 aliphatic heterocycles. The number of hydrogen-bond acceptors (Lipinski definition) is 4. The van der Waals surface area contributed by atoms with Gasteiger partial charge in [-0.3, -0.25) is 4.79 Å². The van der Waals surface area contributed by atoms with Crippen molar-refractivity contribution in [3.63, 3.8) is 0 Å². The highest BCUT2D eigenvalue weighted by molar-refractivity contribution is 7.87. The number of amides is 1. The van der Waals surface area contributed by atoms with Crippen LogP contribution >= 0.6 is 11.6 Å². The van der Waals surface area contributed by atoms with Crippen molar-refractivity contribution < 1.29 is 17.4 Å². The van der Waals surface area contributed by atoms with Crippen LogP contribution in [0.15, 0.2) is 54.6 Å². The second kappa shape index (κ2) is 9.94. The molecule has 5 nitrogen and oxygen atoms in total. The number of nitrogens with zero attached hydrogens (tertiary/aromatic N) is 1. The second-order valence-corrected chi connectivity index (χ2v) is 8.87. The van der Waals surface area contributed by atoms with Crippen LogP contribution in [0.5, 0.6) is 5.75 Å². The van der Waals surface area contributed by atoms with Crippen molar-refractivity contribution in [2.75, 3.05) is 5.75 Å². The molecule has 2 aromatic carbocycles. The summed E-state index contributed by atoms with van der Waals surface area (Å²) >= 11 is 6.46. The normalized spacial score (nSPS) is 13.6. The zero-order chi connectivity index (χ0) is 20.7. The molecule has 0 fully saturated rings. The predicted octanol–water partition coefficient (Wildman–Crippen LogP) is 4.52. The Labute approximate surface area is 172 Å². The maximum absolute atomic E-state index is 13.1. The summed E-state index contributed by atoms with van der Waals surface area (Å²) in [5.74, 6) is -0.0595. The van der Waals surface area contributed by atoms with Gasteiger partial charge < -0.3 is 9.08 Å². The Kier molecular flexibility index (Phi) is 7.89. The Balaban J connectivity index is 2.24. The fraction of sp³-hybridized carbons (Fsp3) is 0.381. The van der Waals surface area contributed by atoms with Gasteiger partial charge >= 0.3 is 10.1 Å². The van der Waals surface area contributed by atoms with Crippen molar-refractivity contribution in [2.24, 2.45) is 0 Å². The molecule has 0 heterocycles. The highest BCUT2D eigenvalue weighted by Crippen LogP contribution is 2.26. The van der Waals surface area contributed by atoms with Crippen molar-refractivity contribution in [1.82, 2.24) is 4.90 Å². The second-order valence-electron chi connectivity index (χ2n) is 6.57. The van der Waals surface area contributed by atoms with Gasteiger partial charge in [-0.2, -0.15) is 8.42 Å². The van der Waals surface area contributed by atoms with Gasteiger partial charge in [-0.15, -0.1) is 11.6 Å². The maximum atomic E-state index is 13.1. The topological polar surface area (TPSA) is 63.7 Å². The van der Waals surface area contributed by atoms with Gasteiger partial charge in [0.2, 0.25) is 5.91 Å². The number of halogens is 1. The zero-order valence-corrected chi connectivity index (χ0v) is 17.9. The lowest BCUT2D eigenvalue weighted by atomic mass is 10.1. The molecule has 0 saturated heterocycles. The maximum Gasteiger partial charge on any atom is 0.308 e. The first kappa shape index (κ1) is 22.2. The summed E-state index contributed by atoms with van der Waals surface area (Å²) in [4.78, 5) is 14.8. The SMILES string of the molecule is CC[C@H](C)N(Cc1cccc(OS(=O)(=O)CC)c1)C(=O)[C@H](Cl)c1ccccc1. The van der Waals surface area contributed by atoms with E-state index >= 15 is 0 Å². The van der Waals surface area contributed by atoms with Crippen LogP contribution in [0, 0.1) is 0 Å². The summed E-state index contributed by atoms with van der Waals surface area (Å²) in [5, 5.41) is -0.782. The molecular weight excluding hydrogens is 398 g/mol. The number of carbonyl (C=O) groups excluding carboxylic acids is 1. The molecule has 2 atom stereocenters. The van der Waals surface area contributed by atoms with Gasteiger partial charge in [0, 0.05) is 12.6 Å². The monoisotopic (exact) mass is 423 g/mol. The predicted molar refractivity (Wildman–Crippen MR) is 112 cm³/mol. The van der Waals surface area contributed by atoms with Crippen LogP contribution in [0.3, 0.4) is 0 Å². The minimum atomic E-state index is -3.61. The Hall–Kier alpha value is -2.05. The average molecular weight is 424 g/mol. The number of carbonyl (C=O) groups is 1.